The van der Waals surface area contributed by atoms with Gasteiger partial charge in [-0.2, -0.15) is 0 Å². The number of phenols is 1. The second-order valence-electron chi connectivity index (χ2n) is 13.6. The maximum absolute atomic E-state index is 13.9. The van der Waals surface area contributed by atoms with Crippen molar-refractivity contribution >= 4 is 65.1 Å². The maximum atomic E-state index is 13.9. The number of aromatic nitrogens is 4. The van der Waals surface area contributed by atoms with Gasteiger partial charge >= 0.3 is 23.8 Å². The molecule has 0 aliphatic carbocycles. The number of carbonyl (C=O) groups is 7. The highest BCUT2D eigenvalue weighted by molar-refractivity contribution is 8.01. The minimum atomic E-state index is -1.48. The average molecular weight is 789 g/mol. The van der Waals surface area contributed by atoms with Crippen molar-refractivity contribution in [2.45, 2.75) is 42.1 Å². The number of hydrogen-bond donors (Lipinski definition) is 3. The van der Waals surface area contributed by atoms with E-state index >= 15 is 0 Å². The monoisotopic (exact) mass is 788 g/mol. The third-order valence-corrected chi connectivity index (χ3v) is 11.0. The number of carboxylic acids is 1. The number of fused-ring (bicyclic) bond motifs is 1. The molecule has 2 saturated heterocycles. The van der Waals surface area contributed by atoms with Gasteiger partial charge in [0.2, 0.25) is 11.1 Å². The van der Waals surface area contributed by atoms with Crippen molar-refractivity contribution < 1.29 is 53.0 Å². The topological polar surface area (TPSA) is 249 Å². The van der Waals surface area contributed by atoms with Crippen molar-refractivity contribution in [1.29, 1.82) is 0 Å². The first-order valence-corrected chi connectivity index (χ1v) is 18.8. The van der Waals surface area contributed by atoms with Gasteiger partial charge in [-0.25, -0.2) is 14.3 Å². The number of hydrogen-bond acceptors (Lipinski definition) is 15. The maximum Gasteiger partial charge on any atom is 0.355 e. The van der Waals surface area contributed by atoms with Crippen LogP contribution in [0.15, 0.2) is 40.7 Å². The fraction of sp³-hybridized carbons (Fsp3) is 0.500. The Morgan fingerprint density at radius 1 is 1.11 bits per heavy atom. The summed E-state index contributed by atoms with van der Waals surface area (Å²) < 4.78 is 7.41. The van der Waals surface area contributed by atoms with Crippen molar-refractivity contribution in [2.75, 3.05) is 58.8 Å². The summed E-state index contributed by atoms with van der Waals surface area (Å²) in [7, 11) is 7.02. The highest BCUT2D eigenvalue weighted by Gasteiger charge is 2.55. The minimum absolute atomic E-state index is 0.0978. The number of amides is 6. The van der Waals surface area contributed by atoms with Crippen LogP contribution in [0.5, 0.6) is 5.75 Å². The molecule has 0 saturated carbocycles. The quantitative estimate of drug-likeness (QED) is 0.0592. The molecule has 1 unspecified atom stereocenters. The lowest BCUT2D eigenvalue weighted by atomic mass is 10.0. The number of carbonyl (C=O) groups excluding carboxylic acids is 7. The summed E-state index contributed by atoms with van der Waals surface area (Å²) in [5.74, 6) is -5.54. The summed E-state index contributed by atoms with van der Waals surface area (Å²) in [6, 6.07) is 1.65. The lowest BCUT2D eigenvalue weighted by molar-refractivity contribution is -0.873. The molecule has 0 radical (unpaired) electrons. The van der Waals surface area contributed by atoms with Gasteiger partial charge in [0.15, 0.2) is 6.10 Å². The van der Waals surface area contributed by atoms with Crippen LogP contribution < -0.4 is 15.7 Å². The highest BCUT2D eigenvalue weighted by Crippen LogP contribution is 2.42. The standard InChI is InChI=1S/C32H40N10O10S2/c1-6-39-11-12-40(28(49)27(39)48)31(51)34-22(17-7-9-19(43)10-8-17)25(46)33-23-26(47)41-24(30(50)52-20(13-21(44)45)14-42(3,4)5)18(15-53-29(23)41)16-54-32-35-36-37-38(32)2/h7-10,20,22-23,29H,6,11-16H2,1-5H3,(H3-,33,34,43,44,45,46,51)/t20?,22-,23-,29-/m1/s1. The van der Waals surface area contributed by atoms with E-state index in [4.69, 9.17) is 4.74 Å². The molecule has 3 N–H and O–H groups in total. The van der Waals surface area contributed by atoms with Gasteiger partial charge in [0, 0.05) is 50.6 Å². The van der Waals surface area contributed by atoms with E-state index < -0.39 is 71.6 Å². The first kappa shape index (κ1) is 40.0. The lowest BCUT2D eigenvalue weighted by Crippen LogP contribution is -2.71. The van der Waals surface area contributed by atoms with E-state index in [2.05, 4.69) is 26.2 Å². The molecule has 3 aliphatic heterocycles. The summed E-state index contributed by atoms with van der Waals surface area (Å²) in [5, 5.41) is 37.5. The molecule has 3 aliphatic rings. The van der Waals surface area contributed by atoms with Crippen LogP contribution in [0.1, 0.15) is 24.9 Å². The van der Waals surface area contributed by atoms with Gasteiger partial charge in [-0.05, 0) is 40.6 Å². The largest absolute Gasteiger partial charge is 0.550 e. The number of tetrazole rings is 1. The number of quaternary nitrogens is 1. The Morgan fingerprint density at radius 2 is 1.81 bits per heavy atom. The van der Waals surface area contributed by atoms with E-state index in [9.17, 15) is 43.8 Å². The first-order valence-electron chi connectivity index (χ1n) is 16.7. The van der Waals surface area contributed by atoms with E-state index in [1.54, 1.807) is 35.1 Å². The predicted molar refractivity (Wildman–Crippen MR) is 187 cm³/mol. The van der Waals surface area contributed by atoms with Crippen LogP contribution in [-0.4, -0.2) is 162 Å². The molecule has 22 heteroatoms. The second-order valence-corrected chi connectivity index (χ2v) is 15.7. The molecule has 2 fully saturated rings. The molecule has 0 spiro atoms. The van der Waals surface area contributed by atoms with Crippen molar-refractivity contribution in [3.05, 3.63) is 41.1 Å². The number of aryl methyl sites for hydroxylation is 1. The van der Waals surface area contributed by atoms with Crippen LogP contribution in [0.25, 0.3) is 0 Å². The molecule has 5 rings (SSSR count). The highest BCUT2D eigenvalue weighted by atomic mass is 32.2. The molecule has 1 aromatic carbocycles. The van der Waals surface area contributed by atoms with E-state index in [1.165, 1.54) is 62.3 Å². The Hall–Kier alpha value is -5.22. The van der Waals surface area contributed by atoms with Gasteiger partial charge in [-0.15, -0.1) is 16.9 Å². The molecule has 20 nitrogen and oxygen atoms in total. The van der Waals surface area contributed by atoms with E-state index in [0.717, 1.165) is 0 Å². The molecule has 290 valence electrons. The summed E-state index contributed by atoms with van der Waals surface area (Å²) in [5.41, 5.74) is 0.586. The summed E-state index contributed by atoms with van der Waals surface area (Å²) in [6.45, 7) is 2.09. The van der Waals surface area contributed by atoms with Crippen molar-refractivity contribution in [1.82, 2.24) is 45.5 Å². The van der Waals surface area contributed by atoms with E-state index in [-0.39, 0.29) is 59.2 Å². The van der Waals surface area contributed by atoms with E-state index in [0.29, 0.717) is 15.6 Å². The van der Waals surface area contributed by atoms with Crippen molar-refractivity contribution in [3.8, 4) is 5.75 Å². The Balaban J connectivity index is 1.38. The number of thioether (sulfide) groups is 2. The number of nitrogens with zero attached hydrogens (tertiary/aromatic N) is 8. The number of aromatic hydroxyl groups is 1. The normalized spacial score (nSPS) is 19.9. The van der Waals surface area contributed by atoms with Crippen LogP contribution >= 0.6 is 23.5 Å². The Bertz CT molecular complexity index is 1860. The first-order chi connectivity index (χ1) is 25.5. The van der Waals surface area contributed by atoms with Gasteiger partial charge in [-0.3, -0.25) is 29.0 Å². The molecule has 54 heavy (non-hydrogen) atoms. The summed E-state index contributed by atoms with van der Waals surface area (Å²) >= 11 is 2.46. The number of piperazine rings is 1. The number of imide groups is 1. The number of carboxylic acid groups (broad SMARTS) is 1. The number of benzene rings is 1. The third-order valence-electron chi connectivity index (χ3n) is 8.61. The van der Waals surface area contributed by atoms with Gasteiger partial charge in [0.1, 0.15) is 35.4 Å². The number of rotatable bonds is 14. The number of β-lactam (4-membered cyclic amide) rings is 1. The van der Waals surface area contributed by atoms with Crippen LogP contribution in [0.2, 0.25) is 0 Å². The van der Waals surface area contributed by atoms with Crippen LogP contribution in [-0.2, 0) is 40.6 Å². The van der Waals surface area contributed by atoms with Crippen LogP contribution in [0.3, 0.4) is 0 Å². The summed E-state index contributed by atoms with van der Waals surface area (Å²) in [4.78, 5) is 94.9. The van der Waals surface area contributed by atoms with Gasteiger partial charge in [-0.1, -0.05) is 23.9 Å². The predicted octanol–water partition coefficient (Wildman–Crippen LogP) is -2.44. The zero-order chi connectivity index (χ0) is 39.5. The Morgan fingerprint density at radius 3 is 2.43 bits per heavy atom. The number of esters is 1. The Kier molecular flexibility index (Phi) is 12.2. The van der Waals surface area contributed by atoms with Crippen LogP contribution in [0, 0.1) is 0 Å². The average Bonchev–Trinajstić information content (AvgIpc) is 3.52. The molecule has 4 heterocycles. The minimum Gasteiger partial charge on any atom is -0.550 e. The number of nitrogens with one attached hydrogen (secondary N) is 2. The number of ether oxygens (including phenoxy) is 1. The van der Waals surface area contributed by atoms with Gasteiger partial charge in [0.05, 0.1) is 21.1 Å². The molecule has 4 atom stereocenters. The molecular weight excluding hydrogens is 749 g/mol. The van der Waals surface area contributed by atoms with Gasteiger partial charge in [0.25, 0.3) is 5.91 Å². The molecule has 1 aromatic heterocycles. The third kappa shape index (κ3) is 8.93. The van der Waals surface area contributed by atoms with Gasteiger partial charge < -0.3 is 39.8 Å². The Labute approximate surface area is 317 Å². The lowest BCUT2D eigenvalue weighted by Gasteiger charge is -2.50. The smallest absolute Gasteiger partial charge is 0.355 e. The van der Waals surface area contributed by atoms with Crippen LogP contribution in [0.4, 0.5) is 4.79 Å². The van der Waals surface area contributed by atoms with Crippen molar-refractivity contribution in [2.24, 2.45) is 7.05 Å². The second kappa shape index (κ2) is 16.4. The molecule has 0 bridgehead atoms. The molecule has 6 amide bonds. The van der Waals surface area contributed by atoms with E-state index in [1.807, 2.05) is 0 Å². The zero-order valence-electron chi connectivity index (χ0n) is 30.1. The summed E-state index contributed by atoms with van der Waals surface area (Å²) in [6.07, 6.45) is -1.67. The van der Waals surface area contributed by atoms with Crippen molar-refractivity contribution in [3.63, 3.8) is 0 Å². The molecular formula is C32H40N10O10S2. The fourth-order valence-corrected chi connectivity index (χ4v) is 8.34. The number of phenolic OH excluding ortho intramolecular Hbond substituents is 1. The molecule has 2 aromatic rings. The fourth-order valence-electron chi connectivity index (χ4n) is 6.00. The number of urea groups is 1. The number of aliphatic carboxylic acids is 1. The SMILES string of the molecule is CCN1CCN(C(=O)N[C@@H](C(=O)N[C@@H]2C(=O)N3C(C(=O)OC(CC(=O)[O-])C[N+](C)(C)C)=C(CSc4nnnn4C)CS[C@H]23)c2ccc(O)cc2)C(=O)C1=O. The zero-order valence-corrected chi connectivity index (χ0v) is 31.7. The number of likely N-dealkylation sites (N-methyl/N-ethyl adjacent to an activating group) is 2.